The summed E-state index contributed by atoms with van der Waals surface area (Å²) in [6.45, 7) is 7.00. The van der Waals surface area contributed by atoms with Gasteiger partial charge in [0.25, 0.3) is 0 Å². The van der Waals surface area contributed by atoms with Crippen LogP contribution in [0.3, 0.4) is 0 Å². The molecule has 4 nitrogen and oxygen atoms in total. The van der Waals surface area contributed by atoms with Crippen LogP contribution >= 0.6 is 0 Å². The molecular formula is C14H29N3O. The fourth-order valence-corrected chi connectivity index (χ4v) is 3.02. The number of nitrogens with two attached hydrogens (primary N) is 1. The number of nitrogens with one attached hydrogen (secondary N) is 1. The predicted octanol–water partition coefficient (Wildman–Crippen LogP) is 1.35. The number of rotatable bonds is 6. The second-order valence-corrected chi connectivity index (χ2v) is 5.22. The quantitative estimate of drug-likeness (QED) is 0.704. The molecule has 18 heavy (non-hydrogen) atoms. The Balaban J connectivity index is 2.61. The van der Waals surface area contributed by atoms with E-state index in [0.29, 0.717) is 25.0 Å². The Hall–Kier alpha value is -0.610. The van der Waals surface area contributed by atoms with Crippen molar-refractivity contribution < 1.29 is 4.79 Å². The molecule has 0 radical (unpaired) electrons. The van der Waals surface area contributed by atoms with E-state index in [1.165, 1.54) is 32.1 Å². The van der Waals surface area contributed by atoms with Gasteiger partial charge < -0.3 is 11.1 Å². The van der Waals surface area contributed by atoms with Gasteiger partial charge in [-0.05, 0) is 38.8 Å². The van der Waals surface area contributed by atoms with Gasteiger partial charge >= 0.3 is 0 Å². The zero-order valence-corrected chi connectivity index (χ0v) is 12.0. The van der Waals surface area contributed by atoms with Crippen LogP contribution in [-0.4, -0.2) is 43.0 Å². The fourth-order valence-electron chi connectivity index (χ4n) is 3.02. The molecule has 4 heteroatoms. The molecule has 0 bridgehead atoms. The second kappa shape index (κ2) is 8.48. The van der Waals surface area contributed by atoms with Crippen LogP contribution in [0.1, 0.15) is 46.0 Å². The van der Waals surface area contributed by atoms with E-state index in [2.05, 4.69) is 17.1 Å². The molecule has 1 aliphatic carbocycles. The van der Waals surface area contributed by atoms with Crippen LogP contribution in [0.15, 0.2) is 0 Å². The Morgan fingerprint density at radius 1 is 1.28 bits per heavy atom. The summed E-state index contributed by atoms with van der Waals surface area (Å²) in [5, 5.41) is 2.89. The lowest BCUT2D eigenvalue weighted by Gasteiger charge is -2.34. The highest BCUT2D eigenvalue weighted by atomic mass is 16.2. The summed E-state index contributed by atoms with van der Waals surface area (Å²) in [6.07, 6.45) is 6.28. The van der Waals surface area contributed by atoms with E-state index >= 15 is 0 Å². The van der Waals surface area contributed by atoms with Gasteiger partial charge in [-0.3, -0.25) is 9.69 Å². The van der Waals surface area contributed by atoms with E-state index in [4.69, 9.17) is 5.73 Å². The van der Waals surface area contributed by atoms with Crippen molar-refractivity contribution in [2.45, 2.75) is 52.0 Å². The average Bonchev–Trinajstić information content (AvgIpc) is 2.61. The predicted molar refractivity (Wildman–Crippen MR) is 75.3 cm³/mol. The van der Waals surface area contributed by atoms with E-state index in [-0.39, 0.29) is 5.91 Å². The first-order chi connectivity index (χ1) is 8.72. The molecule has 1 aliphatic rings. The Kier molecular flexibility index (Phi) is 7.28. The van der Waals surface area contributed by atoms with E-state index in [9.17, 15) is 4.79 Å². The molecule has 1 saturated carbocycles. The second-order valence-electron chi connectivity index (χ2n) is 5.22. The highest BCUT2D eigenvalue weighted by Gasteiger charge is 2.28. The molecule has 1 fully saturated rings. The summed E-state index contributed by atoms with van der Waals surface area (Å²) in [5.74, 6) is 0.696. The van der Waals surface area contributed by atoms with Crippen molar-refractivity contribution >= 4 is 5.91 Å². The van der Waals surface area contributed by atoms with Gasteiger partial charge in [-0.1, -0.05) is 26.2 Å². The minimum Gasteiger partial charge on any atom is -0.355 e. The maximum atomic E-state index is 11.8. The number of carbonyl (C=O) groups is 1. The van der Waals surface area contributed by atoms with Crippen molar-refractivity contribution in [2.75, 3.05) is 26.2 Å². The third-order valence-corrected chi connectivity index (χ3v) is 4.02. The summed E-state index contributed by atoms with van der Waals surface area (Å²) in [5.41, 5.74) is 5.92. The third-order valence-electron chi connectivity index (χ3n) is 4.02. The minimum absolute atomic E-state index is 0.138. The largest absolute Gasteiger partial charge is 0.355 e. The third kappa shape index (κ3) is 4.58. The molecule has 1 rings (SSSR count). The molecule has 0 saturated heterocycles. The Labute approximate surface area is 111 Å². The Bertz CT molecular complexity index is 245. The lowest BCUT2D eigenvalue weighted by Crippen LogP contribution is -2.47. The van der Waals surface area contributed by atoms with E-state index < -0.39 is 0 Å². The zero-order chi connectivity index (χ0) is 13.4. The molecule has 0 aromatic carbocycles. The smallest absolute Gasteiger partial charge is 0.234 e. The Morgan fingerprint density at radius 3 is 2.61 bits per heavy atom. The molecule has 0 aliphatic heterocycles. The van der Waals surface area contributed by atoms with Crippen LogP contribution < -0.4 is 11.1 Å². The molecule has 0 spiro atoms. The van der Waals surface area contributed by atoms with Gasteiger partial charge in [0.1, 0.15) is 0 Å². The van der Waals surface area contributed by atoms with Crippen LogP contribution in [0.4, 0.5) is 0 Å². The lowest BCUT2D eigenvalue weighted by atomic mass is 9.93. The number of hydrogen-bond acceptors (Lipinski definition) is 3. The molecule has 3 N–H and O–H groups in total. The molecule has 106 valence electrons. The van der Waals surface area contributed by atoms with Gasteiger partial charge in [0.05, 0.1) is 6.54 Å². The summed E-state index contributed by atoms with van der Waals surface area (Å²) in [6, 6.07) is 0.491. The minimum atomic E-state index is 0.138. The van der Waals surface area contributed by atoms with Gasteiger partial charge in [-0.2, -0.15) is 0 Å². The number of hydrogen-bond donors (Lipinski definition) is 2. The van der Waals surface area contributed by atoms with Gasteiger partial charge in [0.15, 0.2) is 0 Å². The monoisotopic (exact) mass is 255 g/mol. The van der Waals surface area contributed by atoms with Crippen LogP contribution in [0.2, 0.25) is 0 Å². The molecule has 0 aromatic rings. The van der Waals surface area contributed by atoms with Crippen molar-refractivity contribution in [2.24, 2.45) is 11.7 Å². The van der Waals surface area contributed by atoms with Crippen molar-refractivity contribution in [3.63, 3.8) is 0 Å². The van der Waals surface area contributed by atoms with Crippen molar-refractivity contribution in [1.29, 1.82) is 0 Å². The summed E-state index contributed by atoms with van der Waals surface area (Å²) in [7, 11) is 0. The van der Waals surface area contributed by atoms with Gasteiger partial charge in [0, 0.05) is 12.6 Å². The van der Waals surface area contributed by atoms with Crippen LogP contribution in [0, 0.1) is 5.92 Å². The van der Waals surface area contributed by atoms with E-state index in [1.54, 1.807) is 0 Å². The number of nitrogens with zero attached hydrogens (tertiary/aromatic N) is 1. The summed E-state index contributed by atoms with van der Waals surface area (Å²) >= 11 is 0. The Morgan fingerprint density at radius 2 is 2.00 bits per heavy atom. The first-order valence-electron chi connectivity index (χ1n) is 7.43. The molecule has 0 aromatic heterocycles. The molecule has 2 atom stereocenters. The highest BCUT2D eigenvalue weighted by Crippen LogP contribution is 2.26. The number of amides is 1. The molecular weight excluding hydrogens is 226 g/mol. The summed E-state index contributed by atoms with van der Waals surface area (Å²) in [4.78, 5) is 14.1. The first-order valence-corrected chi connectivity index (χ1v) is 7.43. The molecule has 1 amide bonds. The van der Waals surface area contributed by atoms with Crippen LogP contribution in [0.5, 0.6) is 0 Å². The SMILES string of the molecule is CCNC(=O)CN(CC)C1CCCCCC1CN. The normalized spacial score (nSPS) is 24.9. The van der Waals surface area contributed by atoms with Crippen molar-refractivity contribution in [3.05, 3.63) is 0 Å². The number of likely N-dealkylation sites (N-methyl/N-ethyl adjacent to an activating group) is 2. The molecule has 2 unspecified atom stereocenters. The summed E-state index contributed by atoms with van der Waals surface area (Å²) < 4.78 is 0. The zero-order valence-electron chi connectivity index (χ0n) is 12.0. The topological polar surface area (TPSA) is 58.4 Å². The van der Waals surface area contributed by atoms with Gasteiger partial charge in [-0.25, -0.2) is 0 Å². The van der Waals surface area contributed by atoms with E-state index in [0.717, 1.165) is 13.1 Å². The average molecular weight is 255 g/mol. The first kappa shape index (κ1) is 15.4. The van der Waals surface area contributed by atoms with Crippen molar-refractivity contribution in [3.8, 4) is 0 Å². The van der Waals surface area contributed by atoms with Gasteiger partial charge in [-0.15, -0.1) is 0 Å². The van der Waals surface area contributed by atoms with Gasteiger partial charge in [0.2, 0.25) is 5.91 Å². The van der Waals surface area contributed by atoms with Crippen molar-refractivity contribution in [1.82, 2.24) is 10.2 Å². The van der Waals surface area contributed by atoms with Crippen LogP contribution in [-0.2, 0) is 4.79 Å². The van der Waals surface area contributed by atoms with Crippen LogP contribution in [0.25, 0.3) is 0 Å². The molecule has 0 heterocycles. The maximum Gasteiger partial charge on any atom is 0.234 e. The highest BCUT2D eigenvalue weighted by molar-refractivity contribution is 5.77. The van der Waals surface area contributed by atoms with E-state index in [1.807, 2.05) is 6.92 Å². The lowest BCUT2D eigenvalue weighted by molar-refractivity contribution is -0.123. The number of carbonyl (C=O) groups excluding carboxylic acids is 1. The maximum absolute atomic E-state index is 11.8. The fraction of sp³-hybridized carbons (Fsp3) is 0.929. The standard InChI is InChI=1S/C14H29N3O/c1-3-16-14(18)11-17(4-2)13-9-7-5-6-8-12(13)10-15/h12-13H,3-11,15H2,1-2H3,(H,16,18).